The highest BCUT2D eigenvalue weighted by atomic mass is 16.5. The third-order valence-electron chi connectivity index (χ3n) is 2.85. The maximum Gasteiger partial charge on any atom is 0.0675 e. The van der Waals surface area contributed by atoms with Gasteiger partial charge in [-0.05, 0) is 26.3 Å². The first-order chi connectivity index (χ1) is 5.20. The highest BCUT2D eigenvalue weighted by molar-refractivity contribution is 4.82. The summed E-state index contributed by atoms with van der Waals surface area (Å²) in [5.74, 6) is 0. The Labute approximate surface area is 69.5 Å². The molecule has 0 radical (unpaired) electrons. The SMILES string of the molecule is CCN1CCC(C)(OC)CC1. The van der Waals surface area contributed by atoms with E-state index in [0.717, 1.165) is 0 Å². The molecule has 0 saturated carbocycles. The first kappa shape index (κ1) is 9.01. The molecular weight excluding hydrogens is 138 g/mol. The van der Waals surface area contributed by atoms with E-state index >= 15 is 0 Å². The van der Waals surface area contributed by atoms with Crippen molar-refractivity contribution >= 4 is 0 Å². The van der Waals surface area contributed by atoms with Crippen LogP contribution in [0, 0.1) is 0 Å². The van der Waals surface area contributed by atoms with Crippen LogP contribution in [0.4, 0.5) is 0 Å². The molecule has 1 saturated heterocycles. The predicted octanol–water partition coefficient (Wildman–Crippen LogP) is 1.51. The summed E-state index contributed by atoms with van der Waals surface area (Å²) >= 11 is 0. The lowest BCUT2D eigenvalue weighted by molar-refractivity contribution is -0.0416. The molecule has 0 aromatic rings. The van der Waals surface area contributed by atoms with Crippen molar-refractivity contribution in [3.05, 3.63) is 0 Å². The predicted molar refractivity (Wildman–Crippen MR) is 46.8 cm³/mol. The molecule has 2 heteroatoms. The molecule has 2 nitrogen and oxygen atoms in total. The van der Waals surface area contributed by atoms with Gasteiger partial charge in [0.15, 0.2) is 0 Å². The van der Waals surface area contributed by atoms with Crippen molar-refractivity contribution in [2.45, 2.75) is 32.3 Å². The van der Waals surface area contributed by atoms with Gasteiger partial charge in [-0.15, -0.1) is 0 Å². The zero-order valence-corrected chi connectivity index (χ0v) is 7.89. The Bertz CT molecular complexity index is 117. The fraction of sp³-hybridized carbons (Fsp3) is 1.00. The lowest BCUT2D eigenvalue weighted by Gasteiger charge is -2.37. The van der Waals surface area contributed by atoms with Crippen molar-refractivity contribution in [1.29, 1.82) is 0 Å². The molecule has 0 N–H and O–H groups in total. The molecule has 1 aliphatic heterocycles. The zero-order valence-electron chi connectivity index (χ0n) is 7.89. The van der Waals surface area contributed by atoms with Gasteiger partial charge in [0, 0.05) is 20.2 Å². The number of piperidine rings is 1. The molecule has 1 heterocycles. The van der Waals surface area contributed by atoms with E-state index in [1.807, 2.05) is 7.11 Å². The van der Waals surface area contributed by atoms with Crippen LogP contribution in [-0.4, -0.2) is 37.2 Å². The normalized spacial score (nSPS) is 25.4. The summed E-state index contributed by atoms with van der Waals surface area (Å²) in [6.45, 7) is 8.00. The minimum atomic E-state index is 0.158. The van der Waals surface area contributed by atoms with Gasteiger partial charge in [-0.3, -0.25) is 0 Å². The number of ether oxygens (including phenoxy) is 1. The molecule has 1 rings (SSSR count). The van der Waals surface area contributed by atoms with Gasteiger partial charge in [-0.1, -0.05) is 6.92 Å². The fourth-order valence-corrected chi connectivity index (χ4v) is 1.55. The fourth-order valence-electron chi connectivity index (χ4n) is 1.55. The monoisotopic (exact) mass is 157 g/mol. The minimum absolute atomic E-state index is 0.158. The van der Waals surface area contributed by atoms with Crippen molar-refractivity contribution in [2.24, 2.45) is 0 Å². The second-order valence-corrected chi connectivity index (χ2v) is 3.59. The highest BCUT2D eigenvalue weighted by Crippen LogP contribution is 2.24. The number of rotatable bonds is 2. The number of hydrogen-bond acceptors (Lipinski definition) is 2. The Morgan fingerprint density at radius 2 is 1.91 bits per heavy atom. The zero-order chi connectivity index (χ0) is 8.32. The van der Waals surface area contributed by atoms with Crippen LogP contribution in [0.2, 0.25) is 0 Å². The molecule has 0 unspecified atom stereocenters. The van der Waals surface area contributed by atoms with Gasteiger partial charge in [-0.2, -0.15) is 0 Å². The van der Waals surface area contributed by atoms with Crippen LogP contribution in [0.3, 0.4) is 0 Å². The summed E-state index contributed by atoms with van der Waals surface area (Å²) in [4.78, 5) is 2.47. The number of hydrogen-bond donors (Lipinski definition) is 0. The van der Waals surface area contributed by atoms with Crippen LogP contribution in [0.15, 0.2) is 0 Å². The number of nitrogens with zero attached hydrogens (tertiary/aromatic N) is 1. The van der Waals surface area contributed by atoms with E-state index < -0.39 is 0 Å². The van der Waals surface area contributed by atoms with Crippen molar-refractivity contribution in [3.8, 4) is 0 Å². The van der Waals surface area contributed by atoms with Gasteiger partial charge < -0.3 is 9.64 Å². The van der Waals surface area contributed by atoms with Crippen LogP contribution < -0.4 is 0 Å². The molecular formula is C9H19NO. The molecule has 0 atom stereocenters. The van der Waals surface area contributed by atoms with Crippen molar-refractivity contribution in [3.63, 3.8) is 0 Å². The molecule has 1 fully saturated rings. The molecule has 66 valence electrons. The second kappa shape index (κ2) is 3.55. The Hall–Kier alpha value is -0.0800. The molecule has 0 aromatic heterocycles. The van der Waals surface area contributed by atoms with Gasteiger partial charge in [0.05, 0.1) is 5.60 Å². The standard InChI is InChI=1S/C9H19NO/c1-4-10-7-5-9(2,11-3)6-8-10/h4-8H2,1-3H3. The Balaban J connectivity index is 2.35. The summed E-state index contributed by atoms with van der Waals surface area (Å²) in [5.41, 5.74) is 0.158. The minimum Gasteiger partial charge on any atom is -0.378 e. The van der Waals surface area contributed by atoms with Crippen LogP contribution in [0.1, 0.15) is 26.7 Å². The van der Waals surface area contributed by atoms with Gasteiger partial charge in [0.2, 0.25) is 0 Å². The van der Waals surface area contributed by atoms with Crippen molar-refractivity contribution in [1.82, 2.24) is 4.90 Å². The van der Waals surface area contributed by atoms with E-state index in [4.69, 9.17) is 4.74 Å². The molecule has 0 amide bonds. The third kappa shape index (κ3) is 2.17. The third-order valence-corrected chi connectivity index (χ3v) is 2.85. The van der Waals surface area contributed by atoms with Gasteiger partial charge in [0.25, 0.3) is 0 Å². The maximum absolute atomic E-state index is 5.44. The molecule has 1 aliphatic rings. The second-order valence-electron chi connectivity index (χ2n) is 3.59. The largest absolute Gasteiger partial charge is 0.378 e. The van der Waals surface area contributed by atoms with Crippen molar-refractivity contribution < 1.29 is 4.74 Å². The lowest BCUT2D eigenvalue weighted by Crippen LogP contribution is -2.43. The van der Waals surface area contributed by atoms with E-state index in [9.17, 15) is 0 Å². The lowest BCUT2D eigenvalue weighted by atomic mass is 9.93. The summed E-state index contributed by atoms with van der Waals surface area (Å²) in [6, 6.07) is 0. The quantitative estimate of drug-likeness (QED) is 0.602. The van der Waals surface area contributed by atoms with Gasteiger partial charge >= 0.3 is 0 Å². The van der Waals surface area contributed by atoms with Gasteiger partial charge in [-0.25, -0.2) is 0 Å². The van der Waals surface area contributed by atoms with Crippen LogP contribution >= 0.6 is 0 Å². The van der Waals surface area contributed by atoms with E-state index in [-0.39, 0.29) is 5.60 Å². The first-order valence-electron chi connectivity index (χ1n) is 4.48. The topological polar surface area (TPSA) is 12.5 Å². The average Bonchev–Trinajstić information content (AvgIpc) is 2.06. The van der Waals surface area contributed by atoms with Crippen LogP contribution in [0.5, 0.6) is 0 Å². The van der Waals surface area contributed by atoms with E-state index in [2.05, 4.69) is 18.7 Å². The molecule has 0 aromatic carbocycles. The Morgan fingerprint density at radius 3 is 2.27 bits per heavy atom. The molecule has 11 heavy (non-hydrogen) atoms. The molecule has 0 bridgehead atoms. The summed E-state index contributed by atoms with van der Waals surface area (Å²) in [5, 5.41) is 0. The highest BCUT2D eigenvalue weighted by Gasteiger charge is 2.28. The van der Waals surface area contributed by atoms with E-state index in [1.54, 1.807) is 0 Å². The van der Waals surface area contributed by atoms with E-state index in [1.165, 1.54) is 32.5 Å². The first-order valence-corrected chi connectivity index (χ1v) is 4.48. The molecule has 0 aliphatic carbocycles. The van der Waals surface area contributed by atoms with Crippen LogP contribution in [0.25, 0.3) is 0 Å². The van der Waals surface area contributed by atoms with Crippen LogP contribution in [-0.2, 0) is 4.74 Å². The number of likely N-dealkylation sites (tertiary alicyclic amines) is 1. The Kier molecular flexibility index (Phi) is 2.90. The van der Waals surface area contributed by atoms with E-state index in [0.29, 0.717) is 0 Å². The summed E-state index contributed by atoms with van der Waals surface area (Å²) < 4.78 is 5.44. The summed E-state index contributed by atoms with van der Waals surface area (Å²) in [6.07, 6.45) is 2.36. The maximum atomic E-state index is 5.44. The smallest absolute Gasteiger partial charge is 0.0675 e. The summed E-state index contributed by atoms with van der Waals surface area (Å²) in [7, 11) is 1.82. The number of methoxy groups -OCH3 is 1. The van der Waals surface area contributed by atoms with Crippen molar-refractivity contribution in [2.75, 3.05) is 26.7 Å². The Morgan fingerprint density at radius 1 is 1.36 bits per heavy atom. The molecule has 0 spiro atoms. The van der Waals surface area contributed by atoms with Gasteiger partial charge in [0.1, 0.15) is 0 Å². The average molecular weight is 157 g/mol.